The van der Waals surface area contributed by atoms with Gasteiger partial charge in [-0.3, -0.25) is 15.0 Å². The van der Waals surface area contributed by atoms with E-state index < -0.39 is 16.4 Å². The largest absolute Gasteiger partial charge is 0.305 e. The van der Waals surface area contributed by atoms with E-state index in [2.05, 4.69) is 18.7 Å². The Labute approximate surface area is 122 Å². The van der Waals surface area contributed by atoms with Crippen molar-refractivity contribution in [3.63, 3.8) is 0 Å². The van der Waals surface area contributed by atoms with Gasteiger partial charge in [0.1, 0.15) is 0 Å². The highest BCUT2D eigenvalue weighted by molar-refractivity contribution is 8.00. The van der Waals surface area contributed by atoms with Crippen LogP contribution in [0.5, 0.6) is 0 Å². The molecule has 0 aromatic heterocycles. The SMILES string of the molecule is CC1(C)CCN(Cc2cccc([N+](=O)[O-])c2F)CCS1. The molecule has 1 aliphatic heterocycles. The first-order valence-corrected chi connectivity index (χ1v) is 7.66. The van der Waals surface area contributed by atoms with Crippen LogP contribution in [0.4, 0.5) is 10.1 Å². The highest BCUT2D eigenvalue weighted by atomic mass is 32.2. The van der Waals surface area contributed by atoms with Crippen molar-refractivity contribution in [1.29, 1.82) is 0 Å². The smallest absolute Gasteiger partial charge is 0.298 e. The Morgan fingerprint density at radius 3 is 2.90 bits per heavy atom. The Kier molecular flexibility index (Phi) is 4.65. The maximum atomic E-state index is 14.1. The fraction of sp³-hybridized carbons (Fsp3) is 0.571. The Morgan fingerprint density at radius 2 is 2.20 bits per heavy atom. The zero-order valence-corrected chi connectivity index (χ0v) is 12.6. The molecule has 1 fully saturated rings. The summed E-state index contributed by atoms with van der Waals surface area (Å²) in [7, 11) is 0. The van der Waals surface area contributed by atoms with Crippen LogP contribution in [0.15, 0.2) is 18.2 Å². The Bertz CT molecular complexity index is 508. The predicted octanol–water partition coefficient (Wildman–Crippen LogP) is 3.45. The van der Waals surface area contributed by atoms with Crippen LogP contribution in [0.1, 0.15) is 25.8 Å². The fourth-order valence-corrected chi connectivity index (χ4v) is 3.43. The summed E-state index contributed by atoms with van der Waals surface area (Å²) in [5, 5.41) is 10.8. The van der Waals surface area contributed by atoms with E-state index in [0.717, 1.165) is 25.3 Å². The third-order valence-corrected chi connectivity index (χ3v) is 4.95. The Balaban J connectivity index is 2.10. The van der Waals surface area contributed by atoms with E-state index in [9.17, 15) is 14.5 Å². The van der Waals surface area contributed by atoms with Crippen LogP contribution < -0.4 is 0 Å². The van der Waals surface area contributed by atoms with Crippen molar-refractivity contribution in [3.05, 3.63) is 39.7 Å². The number of nitro groups is 1. The normalized spacial score (nSPS) is 19.6. The number of benzene rings is 1. The van der Waals surface area contributed by atoms with Crippen molar-refractivity contribution in [2.45, 2.75) is 31.6 Å². The van der Waals surface area contributed by atoms with E-state index >= 15 is 0 Å². The molecular formula is C14H19FN2O2S. The number of thioether (sulfide) groups is 1. The van der Waals surface area contributed by atoms with E-state index in [-0.39, 0.29) is 4.75 Å². The van der Waals surface area contributed by atoms with Gasteiger partial charge in [-0.25, -0.2) is 0 Å². The van der Waals surface area contributed by atoms with Crippen LogP contribution in [0.2, 0.25) is 0 Å². The lowest BCUT2D eigenvalue weighted by Crippen LogP contribution is -2.27. The molecule has 1 aliphatic rings. The first-order chi connectivity index (χ1) is 9.39. The lowest BCUT2D eigenvalue weighted by atomic mass is 10.1. The average Bonchev–Trinajstić information content (AvgIpc) is 2.53. The van der Waals surface area contributed by atoms with Crippen LogP contribution in [-0.4, -0.2) is 33.4 Å². The minimum absolute atomic E-state index is 0.246. The molecule has 6 heteroatoms. The number of hydrogen-bond acceptors (Lipinski definition) is 4. The standard InChI is InChI=1S/C14H19FN2O2S/c1-14(2)6-7-16(8-9-20-14)10-11-4-3-5-12(13(11)15)17(18)19/h3-5H,6-10H2,1-2H3. The summed E-state index contributed by atoms with van der Waals surface area (Å²) >= 11 is 1.92. The van der Waals surface area contributed by atoms with E-state index in [4.69, 9.17) is 0 Å². The van der Waals surface area contributed by atoms with Crippen molar-refractivity contribution in [3.8, 4) is 0 Å². The molecule has 0 unspecified atom stereocenters. The molecule has 2 rings (SSSR count). The van der Waals surface area contributed by atoms with Gasteiger partial charge in [0, 0.05) is 35.2 Å². The number of rotatable bonds is 3. The molecule has 1 aromatic carbocycles. The number of halogens is 1. The summed E-state index contributed by atoms with van der Waals surface area (Å²) < 4.78 is 14.3. The predicted molar refractivity (Wildman–Crippen MR) is 79.5 cm³/mol. The minimum atomic E-state index is -0.700. The van der Waals surface area contributed by atoms with E-state index in [1.165, 1.54) is 6.07 Å². The summed E-state index contributed by atoms with van der Waals surface area (Å²) in [6, 6.07) is 4.39. The van der Waals surface area contributed by atoms with Gasteiger partial charge in [-0.15, -0.1) is 0 Å². The van der Waals surface area contributed by atoms with Crippen molar-refractivity contribution in [2.75, 3.05) is 18.8 Å². The van der Waals surface area contributed by atoms with Crippen LogP contribution in [0.25, 0.3) is 0 Å². The number of nitrogens with zero attached hydrogens (tertiary/aromatic N) is 2. The van der Waals surface area contributed by atoms with Gasteiger partial charge in [0.2, 0.25) is 5.82 Å². The van der Waals surface area contributed by atoms with Gasteiger partial charge in [-0.2, -0.15) is 16.2 Å². The minimum Gasteiger partial charge on any atom is -0.298 e. The quantitative estimate of drug-likeness (QED) is 0.633. The van der Waals surface area contributed by atoms with Gasteiger partial charge in [-0.1, -0.05) is 26.0 Å². The summed E-state index contributed by atoms with van der Waals surface area (Å²) in [6.07, 6.45) is 1.04. The molecule has 0 radical (unpaired) electrons. The summed E-state index contributed by atoms with van der Waals surface area (Å²) in [5.74, 6) is 0.303. The zero-order valence-electron chi connectivity index (χ0n) is 11.8. The molecule has 1 saturated heterocycles. The van der Waals surface area contributed by atoms with Crippen molar-refractivity contribution >= 4 is 17.4 Å². The molecule has 0 saturated carbocycles. The van der Waals surface area contributed by atoms with E-state index in [1.807, 2.05) is 11.8 Å². The molecule has 0 aliphatic carbocycles. The van der Waals surface area contributed by atoms with E-state index in [0.29, 0.717) is 12.1 Å². The molecular weight excluding hydrogens is 279 g/mol. The molecule has 0 bridgehead atoms. The van der Waals surface area contributed by atoms with Gasteiger partial charge >= 0.3 is 5.69 Å². The molecule has 0 atom stereocenters. The lowest BCUT2D eigenvalue weighted by molar-refractivity contribution is -0.387. The van der Waals surface area contributed by atoms with Gasteiger partial charge in [-0.05, 0) is 13.0 Å². The van der Waals surface area contributed by atoms with Crippen LogP contribution in [0.3, 0.4) is 0 Å². The second kappa shape index (κ2) is 6.10. The topological polar surface area (TPSA) is 46.4 Å². The molecule has 110 valence electrons. The fourth-order valence-electron chi connectivity index (χ4n) is 2.29. The van der Waals surface area contributed by atoms with Crippen LogP contribution in [-0.2, 0) is 6.54 Å². The van der Waals surface area contributed by atoms with Crippen molar-refractivity contribution in [2.24, 2.45) is 0 Å². The van der Waals surface area contributed by atoms with Gasteiger partial charge in [0.05, 0.1) is 4.92 Å². The Hall–Kier alpha value is -1.14. The highest BCUT2D eigenvalue weighted by Crippen LogP contribution is 2.31. The maximum absolute atomic E-state index is 14.1. The molecule has 1 aromatic rings. The second-order valence-corrected chi connectivity index (χ2v) is 7.44. The van der Waals surface area contributed by atoms with Gasteiger partial charge < -0.3 is 0 Å². The lowest BCUT2D eigenvalue weighted by Gasteiger charge is -2.22. The number of hydrogen-bond donors (Lipinski definition) is 0. The average molecular weight is 298 g/mol. The summed E-state index contributed by atoms with van der Waals surface area (Å²) in [5.41, 5.74) is -0.0315. The Morgan fingerprint density at radius 1 is 1.45 bits per heavy atom. The zero-order chi connectivity index (χ0) is 14.8. The first-order valence-electron chi connectivity index (χ1n) is 6.67. The molecule has 0 N–H and O–H groups in total. The molecule has 20 heavy (non-hydrogen) atoms. The van der Waals surface area contributed by atoms with Crippen molar-refractivity contribution in [1.82, 2.24) is 4.90 Å². The maximum Gasteiger partial charge on any atom is 0.305 e. The molecule has 0 spiro atoms. The summed E-state index contributed by atoms with van der Waals surface area (Å²) in [6.45, 7) is 6.65. The van der Waals surface area contributed by atoms with Crippen LogP contribution in [0, 0.1) is 15.9 Å². The van der Waals surface area contributed by atoms with E-state index in [1.54, 1.807) is 12.1 Å². The van der Waals surface area contributed by atoms with Crippen molar-refractivity contribution < 1.29 is 9.31 Å². The monoisotopic (exact) mass is 298 g/mol. The number of nitro benzene ring substituents is 1. The molecule has 0 amide bonds. The third kappa shape index (κ3) is 3.70. The second-order valence-electron chi connectivity index (χ2n) is 5.64. The molecule has 4 nitrogen and oxygen atoms in total. The summed E-state index contributed by atoms with van der Waals surface area (Å²) in [4.78, 5) is 12.3. The first kappa shape index (κ1) is 15.3. The van der Waals surface area contributed by atoms with Gasteiger partial charge in [0.25, 0.3) is 0 Å². The molecule has 1 heterocycles. The van der Waals surface area contributed by atoms with Gasteiger partial charge in [0.15, 0.2) is 0 Å². The third-order valence-electron chi connectivity index (χ3n) is 3.58. The highest BCUT2D eigenvalue weighted by Gasteiger charge is 2.25. The van der Waals surface area contributed by atoms with Crippen LogP contribution >= 0.6 is 11.8 Å².